The van der Waals surface area contributed by atoms with Crippen LogP contribution in [0.4, 0.5) is 15.2 Å². The monoisotopic (exact) mass is 385 g/mol. The van der Waals surface area contributed by atoms with Crippen molar-refractivity contribution in [2.45, 2.75) is 6.54 Å². The van der Waals surface area contributed by atoms with Crippen molar-refractivity contribution in [3.8, 4) is 0 Å². The molecule has 1 fully saturated rings. The highest BCUT2D eigenvalue weighted by Gasteiger charge is 2.19. The predicted octanol–water partition coefficient (Wildman–Crippen LogP) is 2.04. The number of anilines is 2. The highest BCUT2D eigenvalue weighted by molar-refractivity contribution is 7.15. The number of hydrogen-bond donors (Lipinski definition) is 2. The van der Waals surface area contributed by atoms with E-state index in [1.165, 1.54) is 23.5 Å². The molecule has 2 aromatic rings. The molecule has 1 aliphatic heterocycles. The topological polar surface area (TPSA) is 74.5 Å². The smallest absolute Gasteiger partial charge is 0.238 e. The van der Waals surface area contributed by atoms with Gasteiger partial charge in [-0.25, -0.2) is 9.37 Å². The van der Waals surface area contributed by atoms with Gasteiger partial charge in [0.2, 0.25) is 5.91 Å². The van der Waals surface area contributed by atoms with Crippen molar-refractivity contribution < 1.29 is 9.18 Å². The first-order valence-electron chi connectivity index (χ1n) is 7.79. The number of amides is 1. The summed E-state index contributed by atoms with van der Waals surface area (Å²) in [4.78, 5) is 21.7. The summed E-state index contributed by atoms with van der Waals surface area (Å²) in [7, 11) is 0. The maximum absolute atomic E-state index is 12.9. The molecule has 1 aromatic heterocycles. The number of aromatic nitrogens is 1. The zero-order chi connectivity index (χ0) is 16.9. The van der Waals surface area contributed by atoms with Crippen LogP contribution < -0.4 is 11.1 Å². The Morgan fingerprint density at radius 2 is 1.84 bits per heavy atom. The van der Waals surface area contributed by atoms with Crippen LogP contribution in [0.2, 0.25) is 0 Å². The van der Waals surface area contributed by atoms with Gasteiger partial charge in [0.05, 0.1) is 6.54 Å². The molecule has 0 radical (unpaired) electrons. The largest absolute Gasteiger partial charge is 0.375 e. The quantitative estimate of drug-likeness (QED) is 0.823. The van der Waals surface area contributed by atoms with Crippen molar-refractivity contribution in [2.24, 2.45) is 0 Å². The minimum absolute atomic E-state index is 0. The van der Waals surface area contributed by atoms with Crippen molar-refractivity contribution in [1.82, 2.24) is 14.8 Å². The lowest BCUT2D eigenvalue weighted by atomic mass is 10.3. The van der Waals surface area contributed by atoms with Gasteiger partial charge in [0.1, 0.15) is 5.82 Å². The number of carbonyl (C=O) groups excluding carboxylic acids is 1. The molecule has 2 heterocycles. The molecule has 136 valence electrons. The summed E-state index contributed by atoms with van der Waals surface area (Å²) in [5, 5.41) is 3.39. The van der Waals surface area contributed by atoms with E-state index in [2.05, 4.69) is 20.1 Å². The fourth-order valence-corrected chi connectivity index (χ4v) is 3.39. The number of nitrogens with zero attached hydrogens (tertiary/aromatic N) is 3. The van der Waals surface area contributed by atoms with Gasteiger partial charge in [0.25, 0.3) is 0 Å². The number of thiazole rings is 1. The van der Waals surface area contributed by atoms with Crippen molar-refractivity contribution in [1.29, 1.82) is 0 Å². The van der Waals surface area contributed by atoms with Crippen LogP contribution in [-0.2, 0) is 11.3 Å². The maximum Gasteiger partial charge on any atom is 0.238 e. The molecular weight excluding hydrogens is 365 g/mol. The lowest BCUT2D eigenvalue weighted by Gasteiger charge is -2.33. The highest BCUT2D eigenvalue weighted by atomic mass is 35.5. The number of benzene rings is 1. The van der Waals surface area contributed by atoms with Crippen LogP contribution >= 0.6 is 23.7 Å². The molecule has 3 rings (SSSR count). The Bertz CT molecular complexity index is 688. The van der Waals surface area contributed by atoms with Crippen molar-refractivity contribution >= 4 is 40.5 Å². The Kier molecular flexibility index (Phi) is 7.12. The standard InChI is InChI=1S/C16H20FN5OS.ClH/c17-12-1-3-13(4-2-12)20-15(23)11-22-7-5-21(6-8-22)10-14-9-19-16(18)24-14;/h1-4,9H,5-8,10-11H2,(H2,18,19)(H,20,23);1H. The van der Waals surface area contributed by atoms with Crippen LogP contribution in [-0.4, -0.2) is 53.4 Å². The average molecular weight is 386 g/mol. The first-order valence-corrected chi connectivity index (χ1v) is 8.60. The average Bonchev–Trinajstić information content (AvgIpc) is 2.96. The highest BCUT2D eigenvalue weighted by Crippen LogP contribution is 2.17. The Labute approximate surface area is 156 Å². The Balaban J connectivity index is 0.00000225. The van der Waals surface area contributed by atoms with E-state index >= 15 is 0 Å². The van der Waals surface area contributed by atoms with Crippen molar-refractivity contribution in [3.63, 3.8) is 0 Å². The lowest BCUT2D eigenvalue weighted by molar-refractivity contribution is -0.117. The molecule has 0 spiro atoms. The molecule has 25 heavy (non-hydrogen) atoms. The van der Waals surface area contributed by atoms with Gasteiger partial charge < -0.3 is 11.1 Å². The summed E-state index contributed by atoms with van der Waals surface area (Å²) in [6.45, 7) is 4.68. The van der Waals surface area contributed by atoms with Crippen LogP contribution in [0.1, 0.15) is 4.88 Å². The number of piperazine rings is 1. The summed E-state index contributed by atoms with van der Waals surface area (Å²) in [5.74, 6) is -0.392. The molecule has 3 N–H and O–H groups in total. The minimum atomic E-state index is -0.313. The third-order valence-corrected chi connectivity index (χ3v) is 4.72. The van der Waals surface area contributed by atoms with Gasteiger partial charge in [-0.05, 0) is 24.3 Å². The molecule has 1 aliphatic rings. The van der Waals surface area contributed by atoms with E-state index in [1.54, 1.807) is 12.1 Å². The molecule has 1 aromatic carbocycles. The van der Waals surface area contributed by atoms with Gasteiger partial charge >= 0.3 is 0 Å². The Morgan fingerprint density at radius 3 is 2.44 bits per heavy atom. The number of hydrogen-bond acceptors (Lipinski definition) is 6. The number of nitrogens with one attached hydrogen (secondary N) is 1. The van der Waals surface area contributed by atoms with Gasteiger partial charge in [-0.3, -0.25) is 14.6 Å². The summed E-state index contributed by atoms with van der Waals surface area (Å²) in [6, 6.07) is 5.79. The first kappa shape index (κ1) is 19.6. The van der Waals surface area contributed by atoms with Crippen LogP contribution in [0.3, 0.4) is 0 Å². The van der Waals surface area contributed by atoms with Gasteiger partial charge in [0, 0.05) is 49.5 Å². The molecular formula is C16H21ClFN5OS. The molecule has 1 amide bonds. The number of nitrogens with two attached hydrogens (primary N) is 1. The summed E-state index contributed by atoms with van der Waals surface area (Å²) in [5.41, 5.74) is 6.26. The van der Waals surface area contributed by atoms with Gasteiger partial charge in [0.15, 0.2) is 5.13 Å². The second-order valence-corrected chi connectivity index (χ2v) is 6.92. The van der Waals surface area contributed by atoms with Crippen LogP contribution in [0.25, 0.3) is 0 Å². The molecule has 0 saturated carbocycles. The molecule has 0 bridgehead atoms. The van der Waals surface area contributed by atoms with E-state index in [0.29, 0.717) is 17.4 Å². The fourth-order valence-electron chi connectivity index (χ4n) is 2.66. The van der Waals surface area contributed by atoms with Crippen LogP contribution in [0.5, 0.6) is 0 Å². The van der Waals surface area contributed by atoms with Crippen molar-refractivity contribution in [2.75, 3.05) is 43.8 Å². The van der Waals surface area contributed by atoms with Gasteiger partial charge in [-0.2, -0.15) is 0 Å². The SMILES string of the molecule is Cl.Nc1ncc(CN2CCN(CC(=O)Nc3ccc(F)cc3)CC2)s1. The molecule has 9 heteroatoms. The molecule has 0 unspecified atom stereocenters. The maximum atomic E-state index is 12.9. The van der Waals surface area contributed by atoms with E-state index in [0.717, 1.165) is 37.6 Å². The Morgan fingerprint density at radius 1 is 1.20 bits per heavy atom. The van der Waals surface area contributed by atoms with Crippen LogP contribution in [0, 0.1) is 5.82 Å². The second kappa shape index (κ2) is 9.10. The minimum Gasteiger partial charge on any atom is -0.375 e. The van der Waals surface area contributed by atoms with Gasteiger partial charge in [-0.15, -0.1) is 23.7 Å². The van der Waals surface area contributed by atoms with E-state index in [9.17, 15) is 9.18 Å². The number of carbonyl (C=O) groups is 1. The van der Waals surface area contributed by atoms with Gasteiger partial charge in [-0.1, -0.05) is 0 Å². The van der Waals surface area contributed by atoms with Crippen molar-refractivity contribution in [3.05, 3.63) is 41.2 Å². The number of halogens is 2. The Hall–Kier alpha value is -1.74. The summed E-state index contributed by atoms with van der Waals surface area (Å²) < 4.78 is 12.9. The zero-order valence-electron chi connectivity index (χ0n) is 13.7. The normalized spacial score (nSPS) is 15.6. The number of rotatable bonds is 5. The second-order valence-electron chi connectivity index (χ2n) is 5.77. The summed E-state index contributed by atoms with van der Waals surface area (Å²) >= 11 is 1.52. The molecule has 0 aliphatic carbocycles. The van der Waals surface area contributed by atoms with E-state index in [-0.39, 0.29) is 24.1 Å². The van der Waals surface area contributed by atoms with E-state index in [4.69, 9.17) is 5.73 Å². The van der Waals surface area contributed by atoms with E-state index in [1.807, 2.05) is 6.20 Å². The molecule has 1 saturated heterocycles. The molecule has 6 nitrogen and oxygen atoms in total. The summed E-state index contributed by atoms with van der Waals surface area (Å²) in [6.07, 6.45) is 1.82. The van der Waals surface area contributed by atoms with Crippen LogP contribution in [0.15, 0.2) is 30.5 Å². The molecule has 0 atom stereocenters. The first-order chi connectivity index (χ1) is 11.6. The fraction of sp³-hybridized carbons (Fsp3) is 0.375. The van der Waals surface area contributed by atoms with E-state index < -0.39 is 0 Å². The lowest BCUT2D eigenvalue weighted by Crippen LogP contribution is -2.48. The zero-order valence-corrected chi connectivity index (χ0v) is 15.3. The number of nitrogen functional groups attached to an aromatic ring is 1. The third kappa shape index (κ3) is 5.93. The predicted molar refractivity (Wildman–Crippen MR) is 101 cm³/mol. The third-order valence-electron chi connectivity index (χ3n) is 3.91.